The number of carbonyl (C=O) groups excluding carboxylic acids is 1. The van der Waals surface area contributed by atoms with Crippen molar-refractivity contribution in [3.8, 4) is 0 Å². The molecule has 0 atom stereocenters. The fraction of sp³-hybridized carbons (Fsp3) is 0.346. The number of hydrogen-bond acceptors (Lipinski definition) is 3. The van der Waals surface area contributed by atoms with Gasteiger partial charge in [-0.05, 0) is 94.1 Å². The molecule has 0 bridgehead atoms. The van der Waals surface area contributed by atoms with E-state index in [9.17, 15) is 18.0 Å². The van der Waals surface area contributed by atoms with E-state index in [1.165, 1.54) is 0 Å². The highest BCUT2D eigenvalue weighted by Gasteiger charge is 2.30. The molecule has 1 amide bonds. The van der Waals surface area contributed by atoms with Crippen molar-refractivity contribution in [2.24, 2.45) is 4.99 Å². The zero-order valence-electron chi connectivity index (χ0n) is 20.5. The summed E-state index contributed by atoms with van der Waals surface area (Å²) in [5.41, 5.74) is 5.25. The molecule has 0 aliphatic carbocycles. The van der Waals surface area contributed by atoms with Gasteiger partial charge < -0.3 is 5.32 Å². The maximum atomic E-state index is 12.9. The first-order chi connectivity index (χ1) is 16.5. The summed E-state index contributed by atoms with van der Waals surface area (Å²) in [6.07, 6.45) is -3.83. The van der Waals surface area contributed by atoms with Gasteiger partial charge in [0.05, 0.1) is 11.3 Å². The van der Waals surface area contributed by atoms with Crippen molar-refractivity contribution in [1.82, 2.24) is 15.1 Å². The molecule has 0 fully saturated rings. The number of guanidine groups is 1. The average molecular weight is 486 g/mol. The molecule has 2 N–H and O–H groups in total. The lowest BCUT2D eigenvalue weighted by Gasteiger charge is -2.14. The van der Waals surface area contributed by atoms with Crippen LogP contribution in [0.4, 0.5) is 18.9 Å². The van der Waals surface area contributed by atoms with Crippen LogP contribution < -0.4 is 10.6 Å². The maximum absolute atomic E-state index is 12.9. The molecule has 0 aliphatic heterocycles. The minimum atomic E-state index is -4.46. The average Bonchev–Trinajstić information content (AvgIpc) is 3.05. The number of aromatic nitrogens is 2. The smallest absolute Gasteiger partial charge is 0.326 e. The van der Waals surface area contributed by atoms with Gasteiger partial charge in [-0.3, -0.25) is 19.8 Å². The standard InChI is InChI=1S/C26H30F3N5O/c1-6-34-19(5)23(18(4)33-34)11-12-30-25(31-22-14-16(2)13-17(3)15-22)32-24(35)20-7-9-21(10-8-20)26(27,28)29/h7-10,13-15H,6,11-12H2,1-5H3,(H2,30,31,32,35). The zero-order valence-corrected chi connectivity index (χ0v) is 20.5. The number of hydrogen-bond donors (Lipinski definition) is 2. The molecule has 1 heterocycles. The van der Waals surface area contributed by atoms with Crippen molar-refractivity contribution < 1.29 is 18.0 Å². The third-order valence-electron chi connectivity index (χ3n) is 5.65. The van der Waals surface area contributed by atoms with Gasteiger partial charge in [-0.1, -0.05) is 6.07 Å². The van der Waals surface area contributed by atoms with Crippen LogP contribution in [0.3, 0.4) is 0 Å². The van der Waals surface area contributed by atoms with Gasteiger partial charge in [0.2, 0.25) is 5.96 Å². The van der Waals surface area contributed by atoms with E-state index in [0.29, 0.717) is 13.0 Å². The van der Waals surface area contributed by atoms with Crippen LogP contribution >= 0.6 is 0 Å². The molecule has 35 heavy (non-hydrogen) atoms. The molecule has 6 nitrogen and oxygen atoms in total. The largest absolute Gasteiger partial charge is 0.416 e. The molecular weight excluding hydrogens is 455 g/mol. The third-order valence-corrected chi connectivity index (χ3v) is 5.65. The van der Waals surface area contributed by atoms with Crippen molar-refractivity contribution in [2.45, 2.75) is 53.8 Å². The van der Waals surface area contributed by atoms with Crippen LogP contribution in [0.1, 0.15) is 50.9 Å². The summed E-state index contributed by atoms with van der Waals surface area (Å²) in [5, 5.41) is 10.4. The van der Waals surface area contributed by atoms with Crippen molar-refractivity contribution >= 4 is 17.6 Å². The van der Waals surface area contributed by atoms with Crippen molar-refractivity contribution in [1.29, 1.82) is 0 Å². The van der Waals surface area contributed by atoms with E-state index < -0.39 is 17.6 Å². The lowest BCUT2D eigenvalue weighted by Crippen LogP contribution is -2.36. The number of nitrogens with one attached hydrogen (secondary N) is 2. The van der Waals surface area contributed by atoms with Gasteiger partial charge in [-0.25, -0.2) is 0 Å². The van der Waals surface area contributed by atoms with E-state index in [0.717, 1.165) is 64.6 Å². The molecular formula is C26H30F3N5O. The van der Waals surface area contributed by atoms with E-state index in [1.54, 1.807) is 0 Å². The van der Waals surface area contributed by atoms with Crippen molar-refractivity contribution in [3.05, 3.63) is 81.7 Å². The molecule has 0 spiro atoms. The quantitative estimate of drug-likeness (QED) is 0.353. The summed E-state index contributed by atoms with van der Waals surface area (Å²) >= 11 is 0. The summed E-state index contributed by atoms with van der Waals surface area (Å²) in [6, 6.07) is 9.95. The van der Waals surface area contributed by atoms with Gasteiger partial charge >= 0.3 is 6.18 Å². The van der Waals surface area contributed by atoms with E-state index in [1.807, 2.05) is 57.5 Å². The Morgan fingerprint density at radius 3 is 2.20 bits per heavy atom. The molecule has 3 rings (SSSR count). The molecule has 0 saturated heterocycles. The van der Waals surface area contributed by atoms with E-state index in [-0.39, 0.29) is 11.5 Å². The molecule has 0 saturated carbocycles. The Balaban J connectivity index is 1.82. The number of rotatable bonds is 6. The van der Waals surface area contributed by atoms with Gasteiger partial charge in [-0.15, -0.1) is 0 Å². The minimum Gasteiger partial charge on any atom is -0.326 e. The minimum absolute atomic E-state index is 0.101. The highest BCUT2D eigenvalue weighted by atomic mass is 19.4. The first kappa shape index (κ1) is 26.0. The number of halogens is 3. The maximum Gasteiger partial charge on any atom is 0.416 e. The second kappa shape index (κ2) is 10.8. The van der Waals surface area contributed by atoms with Crippen LogP contribution in [0, 0.1) is 27.7 Å². The Bertz CT molecular complexity index is 1210. The van der Waals surface area contributed by atoms with Crippen molar-refractivity contribution in [3.63, 3.8) is 0 Å². The molecule has 9 heteroatoms. The number of carbonyl (C=O) groups is 1. The summed E-state index contributed by atoms with van der Waals surface area (Å²) in [6.45, 7) is 11.1. The first-order valence-corrected chi connectivity index (χ1v) is 11.4. The van der Waals surface area contributed by atoms with Gasteiger partial charge in [0.25, 0.3) is 5.91 Å². The molecule has 2 aromatic carbocycles. The predicted octanol–water partition coefficient (Wildman–Crippen LogP) is 5.60. The van der Waals surface area contributed by atoms with Crippen molar-refractivity contribution in [2.75, 3.05) is 11.9 Å². The Hall–Kier alpha value is -3.62. The first-order valence-electron chi connectivity index (χ1n) is 11.4. The second-order valence-electron chi connectivity index (χ2n) is 8.48. The number of benzene rings is 2. The second-order valence-corrected chi connectivity index (χ2v) is 8.48. The van der Waals surface area contributed by atoms with Crippen LogP contribution in [0.25, 0.3) is 0 Å². The van der Waals surface area contributed by atoms with Gasteiger partial charge in [-0.2, -0.15) is 18.3 Å². The highest BCUT2D eigenvalue weighted by Crippen LogP contribution is 2.29. The van der Waals surface area contributed by atoms with Crippen LogP contribution in [-0.2, 0) is 19.1 Å². The van der Waals surface area contributed by atoms with E-state index in [2.05, 4.69) is 20.7 Å². The number of amides is 1. The van der Waals surface area contributed by atoms with Gasteiger partial charge in [0.1, 0.15) is 0 Å². The SMILES string of the molecule is CCn1nc(C)c(CCN=C(NC(=O)c2ccc(C(F)(F)F)cc2)Nc2cc(C)cc(C)c2)c1C. The number of aryl methyl sites for hydroxylation is 4. The van der Waals surface area contributed by atoms with Crippen LogP contribution in [-0.4, -0.2) is 28.2 Å². The molecule has 0 aliphatic rings. The van der Waals surface area contributed by atoms with E-state index >= 15 is 0 Å². The molecule has 186 valence electrons. The fourth-order valence-electron chi connectivity index (χ4n) is 3.97. The summed E-state index contributed by atoms with van der Waals surface area (Å²) < 4.78 is 40.5. The predicted molar refractivity (Wildman–Crippen MR) is 132 cm³/mol. The summed E-state index contributed by atoms with van der Waals surface area (Å²) in [4.78, 5) is 17.4. The Morgan fingerprint density at radius 2 is 1.66 bits per heavy atom. The summed E-state index contributed by atoms with van der Waals surface area (Å²) in [5.74, 6) is -0.335. The van der Waals surface area contributed by atoms with Gasteiger partial charge in [0.15, 0.2) is 0 Å². The van der Waals surface area contributed by atoms with Crippen LogP contribution in [0.5, 0.6) is 0 Å². The Morgan fingerprint density at radius 1 is 1.03 bits per heavy atom. The Labute approximate surface area is 203 Å². The molecule has 3 aromatic rings. The Kier molecular flexibility index (Phi) is 7.99. The molecule has 0 unspecified atom stereocenters. The highest BCUT2D eigenvalue weighted by molar-refractivity contribution is 6.10. The van der Waals surface area contributed by atoms with Gasteiger partial charge in [0, 0.05) is 30.0 Å². The third kappa shape index (κ3) is 6.71. The molecule has 1 aromatic heterocycles. The van der Waals surface area contributed by atoms with Crippen LogP contribution in [0.15, 0.2) is 47.5 Å². The monoisotopic (exact) mass is 485 g/mol. The normalized spacial score (nSPS) is 12.1. The number of anilines is 1. The lowest BCUT2D eigenvalue weighted by atomic mass is 10.1. The fourth-order valence-corrected chi connectivity index (χ4v) is 3.97. The van der Waals surface area contributed by atoms with E-state index in [4.69, 9.17) is 0 Å². The summed E-state index contributed by atoms with van der Waals surface area (Å²) in [7, 11) is 0. The topological polar surface area (TPSA) is 71.3 Å². The van der Waals surface area contributed by atoms with Crippen LogP contribution in [0.2, 0.25) is 0 Å². The number of aliphatic imine (C=N–C) groups is 1. The number of alkyl halides is 3. The zero-order chi connectivity index (χ0) is 25.8. The molecule has 0 radical (unpaired) electrons. The number of nitrogens with zero attached hydrogens (tertiary/aromatic N) is 3. The lowest BCUT2D eigenvalue weighted by molar-refractivity contribution is -0.137.